The number of benzene rings is 1. The Labute approximate surface area is 101 Å². The third kappa shape index (κ3) is 4.95. The van der Waals surface area contributed by atoms with Gasteiger partial charge in [0.1, 0.15) is 12.4 Å². The number of hydrogen-bond acceptors (Lipinski definition) is 2. The lowest BCUT2D eigenvalue weighted by Gasteiger charge is -2.19. The smallest absolute Gasteiger partial charge is 0.250 e. The second kappa shape index (κ2) is 5.27. The fourth-order valence-electron chi connectivity index (χ4n) is 1.15. The molecule has 1 rings (SSSR count). The monoisotopic (exact) mass is 239 g/mol. The highest BCUT2D eigenvalue weighted by Gasteiger charge is 2.13. The number of hydrogen-bond donors (Lipinski definition) is 1. The average Bonchev–Trinajstić information content (AvgIpc) is 2.20. The van der Waals surface area contributed by atoms with E-state index in [2.05, 4.69) is 5.32 Å². The summed E-state index contributed by atoms with van der Waals surface area (Å²) in [5.74, 6) is -0.622. The zero-order valence-corrected chi connectivity index (χ0v) is 10.6. The molecular formula is C13H18FNO2. The molecule has 0 heterocycles. The summed E-state index contributed by atoms with van der Waals surface area (Å²) in [6.07, 6.45) is 0. The number of halogens is 1. The summed E-state index contributed by atoms with van der Waals surface area (Å²) < 4.78 is 18.5. The van der Waals surface area contributed by atoms with Gasteiger partial charge < -0.3 is 10.1 Å². The van der Waals surface area contributed by atoms with Gasteiger partial charge in [-0.15, -0.1) is 0 Å². The van der Waals surface area contributed by atoms with Crippen molar-refractivity contribution in [1.82, 2.24) is 0 Å². The molecule has 0 aliphatic heterocycles. The Bertz CT molecular complexity index is 410. The van der Waals surface area contributed by atoms with Crippen molar-refractivity contribution < 1.29 is 13.9 Å². The summed E-state index contributed by atoms with van der Waals surface area (Å²) in [6.45, 7) is 7.23. The van der Waals surface area contributed by atoms with Gasteiger partial charge >= 0.3 is 0 Å². The second-order valence-corrected chi connectivity index (χ2v) is 4.91. The molecule has 0 aliphatic carbocycles. The number of aryl methyl sites for hydroxylation is 1. The van der Waals surface area contributed by atoms with Crippen molar-refractivity contribution >= 4 is 11.6 Å². The van der Waals surface area contributed by atoms with E-state index in [-0.39, 0.29) is 23.9 Å². The Balaban J connectivity index is 2.54. The Hall–Kier alpha value is -1.42. The van der Waals surface area contributed by atoms with Crippen LogP contribution in [0.4, 0.5) is 10.1 Å². The molecule has 3 nitrogen and oxygen atoms in total. The standard InChI is InChI=1S/C13H18FNO2/c1-9-5-6-10(7-11(9)14)15-12(16)8-17-13(2,3)4/h5-7H,8H2,1-4H3,(H,15,16). The van der Waals surface area contributed by atoms with Crippen LogP contribution in [0.5, 0.6) is 0 Å². The highest BCUT2D eigenvalue weighted by atomic mass is 19.1. The first-order valence-corrected chi connectivity index (χ1v) is 5.48. The predicted octanol–water partition coefficient (Wildman–Crippen LogP) is 2.89. The number of anilines is 1. The Morgan fingerprint density at radius 2 is 2.06 bits per heavy atom. The average molecular weight is 239 g/mol. The highest BCUT2D eigenvalue weighted by Crippen LogP contribution is 2.13. The topological polar surface area (TPSA) is 38.3 Å². The van der Waals surface area contributed by atoms with Crippen molar-refractivity contribution in [1.29, 1.82) is 0 Å². The van der Waals surface area contributed by atoms with Gasteiger partial charge in [0, 0.05) is 5.69 Å². The van der Waals surface area contributed by atoms with Crippen molar-refractivity contribution in [2.75, 3.05) is 11.9 Å². The summed E-state index contributed by atoms with van der Waals surface area (Å²) in [5.41, 5.74) is 0.625. The zero-order valence-electron chi connectivity index (χ0n) is 10.6. The van der Waals surface area contributed by atoms with Crippen LogP contribution in [0.3, 0.4) is 0 Å². The second-order valence-electron chi connectivity index (χ2n) is 4.91. The number of carbonyl (C=O) groups excluding carboxylic acids is 1. The molecule has 17 heavy (non-hydrogen) atoms. The van der Waals surface area contributed by atoms with Crippen molar-refractivity contribution in [2.24, 2.45) is 0 Å². The van der Waals surface area contributed by atoms with Gasteiger partial charge in [-0.3, -0.25) is 4.79 Å². The van der Waals surface area contributed by atoms with E-state index in [1.165, 1.54) is 6.07 Å². The van der Waals surface area contributed by atoms with E-state index in [0.717, 1.165) is 0 Å². The summed E-state index contributed by atoms with van der Waals surface area (Å²) in [7, 11) is 0. The van der Waals surface area contributed by atoms with Crippen molar-refractivity contribution in [2.45, 2.75) is 33.3 Å². The van der Waals surface area contributed by atoms with Gasteiger partial charge in [-0.05, 0) is 45.4 Å². The van der Waals surface area contributed by atoms with Gasteiger partial charge in [0.15, 0.2) is 0 Å². The molecule has 0 saturated carbocycles. The molecule has 1 aromatic carbocycles. The zero-order chi connectivity index (χ0) is 13.1. The van der Waals surface area contributed by atoms with Gasteiger partial charge in [0.05, 0.1) is 5.60 Å². The molecule has 0 radical (unpaired) electrons. The quantitative estimate of drug-likeness (QED) is 0.880. The molecule has 1 aromatic rings. The van der Waals surface area contributed by atoms with E-state index in [1.807, 2.05) is 20.8 Å². The minimum absolute atomic E-state index is 0.0427. The molecule has 0 bridgehead atoms. The SMILES string of the molecule is Cc1ccc(NC(=O)COC(C)(C)C)cc1F. The summed E-state index contributed by atoms with van der Waals surface area (Å²) >= 11 is 0. The molecule has 1 N–H and O–H groups in total. The van der Waals surface area contributed by atoms with Crippen LogP contribution in [0.1, 0.15) is 26.3 Å². The molecule has 0 aliphatic rings. The summed E-state index contributed by atoms with van der Waals surface area (Å²) in [6, 6.07) is 4.58. The molecule has 0 spiro atoms. The maximum absolute atomic E-state index is 13.2. The lowest BCUT2D eigenvalue weighted by Crippen LogP contribution is -2.27. The highest BCUT2D eigenvalue weighted by molar-refractivity contribution is 5.91. The molecule has 0 atom stereocenters. The van der Waals surface area contributed by atoms with E-state index < -0.39 is 0 Å². The van der Waals surface area contributed by atoms with E-state index in [9.17, 15) is 9.18 Å². The molecule has 0 unspecified atom stereocenters. The summed E-state index contributed by atoms with van der Waals surface area (Å²) in [5, 5.41) is 2.58. The predicted molar refractivity (Wildman–Crippen MR) is 65.5 cm³/mol. The molecule has 0 saturated heterocycles. The van der Waals surface area contributed by atoms with Gasteiger partial charge in [0.25, 0.3) is 0 Å². The number of rotatable bonds is 3. The largest absolute Gasteiger partial charge is 0.366 e. The third-order valence-electron chi connectivity index (χ3n) is 2.09. The van der Waals surface area contributed by atoms with Crippen LogP contribution in [0.2, 0.25) is 0 Å². The normalized spacial score (nSPS) is 11.4. The molecular weight excluding hydrogens is 221 g/mol. The third-order valence-corrected chi connectivity index (χ3v) is 2.09. The van der Waals surface area contributed by atoms with Gasteiger partial charge in [-0.2, -0.15) is 0 Å². The lowest BCUT2D eigenvalue weighted by atomic mass is 10.2. The van der Waals surface area contributed by atoms with Gasteiger partial charge in [-0.25, -0.2) is 4.39 Å². The fourth-order valence-corrected chi connectivity index (χ4v) is 1.15. The van der Waals surface area contributed by atoms with Crippen LogP contribution in [0.15, 0.2) is 18.2 Å². The molecule has 1 amide bonds. The minimum Gasteiger partial charge on any atom is -0.366 e. The van der Waals surface area contributed by atoms with Crippen LogP contribution in [-0.4, -0.2) is 18.1 Å². The first-order chi connectivity index (χ1) is 7.78. The van der Waals surface area contributed by atoms with Crippen LogP contribution < -0.4 is 5.32 Å². The van der Waals surface area contributed by atoms with Crippen molar-refractivity contribution in [3.05, 3.63) is 29.6 Å². The molecule has 0 aromatic heterocycles. The molecule has 94 valence electrons. The first-order valence-electron chi connectivity index (χ1n) is 5.48. The van der Waals surface area contributed by atoms with Crippen LogP contribution in [0.25, 0.3) is 0 Å². The maximum Gasteiger partial charge on any atom is 0.250 e. The van der Waals surface area contributed by atoms with E-state index in [4.69, 9.17) is 4.74 Å². The van der Waals surface area contributed by atoms with Crippen molar-refractivity contribution in [3.8, 4) is 0 Å². The Kier molecular flexibility index (Phi) is 4.23. The number of amides is 1. The summed E-state index contributed by atoms with van der Waals surface area (Å²) in [4.78, 5) is 11.5. The maximum atomic E-state index is 13.2. The van der Waals surface area contributed by atoms with E-state index in [0.29, 0.717) is 11.3 Å². The Morgan fingerprint density at radius 3 is 2.59 bits per heavy atom. The number of carbonyl (C=O) groups is 1. The number of ether oxygens (including phenoxy) is 1. The lowest BCUT2D eigenvalue weighted by molar-refractivity contribution is -0.125. The van der Waals surface area contributed by atoms with Crippen molar-refractivity contribution in [3.63, 3.8) is 0 Å². The fraction of sp³-hybridized carbons (Fsp3) is 0.462. The van der Waals surface area contributed by atoms with Crippen LogP contribution >= 0.6 is 0 Å². The number of nitrogens with one attached hydrogen (secondary N) is 1. The van der Waals surface area contributed by atoms with Crippen LogP contribution in [0, 0.1) is 12.7 Å². The van der Waals surface area contributed by atoms with Gasteiger partial charge in [-0.1, -0.05) is 6.07 Å². The van der Waals surface area contributed by atoms with Gasteiger partial charge in [0.2, 0.25) is 5.91 Å². The molecule has 0 fully saturated rings. The van der Waals surface area contributed by atoms with Crippen LogP contribution in [-0.2, 0) is 9.53 Å². The first kappa shape index (κ1) is 13.6. The Morgan fingerprint density at radius 1 is 1.41 bits per heavy atom. The van der Waals surface area contributed by atoms with E-state index >= 15 is 0 Å². The minimum atomic E-state index is -0.365. The molecule has 4 heteroatoms. The van der Waals surface area contributed by atoms with E-state index in [1.54, 1.807) is 19.1 Å².